The minimum atomic E-state index is -9.26. The highest BCUT2D eigenvalue weighted by Gasteiger charge is 2.96. The predicted molar refractivity (Wildman–Crippen MR) is 201 cm³/mol. The van der Waals surface area contributed by atoms with Crippen molar-refractivity contribution >= 4 is 0 Å². The highest BCUT2D eigenvalue weighted by Crippen LogP contribution is 2.67. The van der Waals surface area contributed by atoms with Crippen molar-refractivity contribution in [1.82, 2.24) is 29.9 Å². The first kappa shape index (κ1) is 84.1. The van der Waals surface area contributed by atoms with Crippen molar-refractivity contribution < 1.29 is 211 Å². The van der Waals surface area contributed by atoms with Gasteiger partial charge in [0.15, 0.2) is 11.6 Å². The maximum atomic E-state index is 15.6. The molecule has 0 aliphatic rings. The van der Waals surface area contributed by atoms with E-state index in [1.165, 1.54) is 0 Å². The van der Waals surface area contributed by atoms with Gasteiger partial charge in [-0.2, -0.15) is 232 Å². The number of alkyl halides is 48. The SMILES string of the molecule is N#CC(F)(F)C(F)(F)C(F)(F)C(F)(F)C(F)(F)C(F)(F)c1nc(-c2ccc(-c3nc(C(F)(F)C(F)(F)C(F)(F)C(F)(F)C(F)(F)C(F)(F)C#N)nc(C(F)(F)C(F)(F)C(F)(F)C(F)(F)C(F)(F)C(F)(F)C#N)n3)cc2)nc(C(F)(F)C(F)(F)C(F)(F)C(F)(F)C(F)(F)C(F)(F)C#N)n1. The smallest absolute Gasteiger partial charge is 0.207 e. The third kappa shape index (κ3) is 10.6. The van der Waals surface area contributed by atoms with E-state index in [9.17, 15) is 140 Å². The lowest BCUT2D eigenvalue weighted by atomic mass is 9.90. The second kappa shape index (κ2) is 22.7. The minimum Gasteiger partial charge on any atom is -0.207 e. The molecule has 550 valence electrons. The molecule has 0 radical (unpaired) electrons. The molecule has 0 aliphatic heterocycles. The van der Waals surface area contributed by atoms with Crippen LogP contribution in [0.3, 0.4) is 0 Å². The molecule has 0 atom stereocenters. The zero-order chi connectivity index (χ0) is 78.5. The van der Waals surface area contributed by atoms with Gasteiger partial charge in [-0.3, -0.25) is 0 Å². The molecule has 0 aliphatic carbocycles. The van der Waals surface area contributed by atoms with E-state index in [2.05, 4.69) is 0 Å². The maximum Gasteiger partial charge on any atom is 0.400 e. The zero-order valence-corrected chi connectivity index (χ0v) is 42.9. The van der Waals surface area contributed by atoms with Gasteiger partial charge in [0.2, 0.25) is 23.3 Å². The Balaban J connectivity index is 2.77. The van der Waals surface area contributed by atoms with E-state index in [0.29, 0.717) is 0 Å². The minimum absolute atomic E-state index is 0.882. The van der Waals surface area contributed by atoms with Crippen molar-refractivity contribution in [3.63, 3.8) is 0 Å². The summed E-state index contributed by atoms with van der Waals surface area (Å²) >= 11 is 0. The second-order valence-electron chi connectivity index (χ2n) is 18.4. The molecule has 0 bridgehead atoms. The van der Waals surface area contributed by atoms with Crippen LogP contribution >= 0.6 is 0 Å². The molecule has 0 saturated heterocycles. The van der Waals surface area contributed by atoms with Crippen LogP contribution in [0.5, 0.6) is 0 Å². The molecule has 0 unspecified atom stereocenters. The summed E-state index contributed by atoms with van der Waals surface area (Å²) in [6, 6.07) is -9.48. The lowest BCUT2D eigenvalue weighted by molar-refractivity contribution is -0.424. The lowest BCUT2D eigenvalue weighted by Gasteiger charge is -2.40. The Bertz CT molecular complexity index is 3270. The van der Waals surface area contributed by atoms with Gasteiger partial charge in [0.05, 0.1) is 0 Å². The van der Waals surface area contributed by atoms with E-state index in [1.54, 1.807) is 19.9 Å². The van der Waals surface area contributed by atoms with E-state index in [4.69, 9.17) is 21.0 Å². The predicted octanol–water partition coefficient (Wildman–Crippen LogP) is 16.6. The zero-order valence-electron chi connectivity index (χ0n) is 42.9. The summed E-state index contributed by atoms with van der Waals surface area (Å²) < 4.78 is 697. The van der Waals surface area contributed by atoms with E-state index in [0.717, 1.165) is 9.97 Å². The summed E-state index contributed by atoms with van der Waals surface area (Å²) in [6.07, 6.45) is 0. The molecule has 3 rings (SSSR count). The molecule has 58 heteroatoms. The highest BCUT2D eigenvalue weighted by molar-refractivity contribution is 5.63. The maximum absolute atomic E-state index is 15.6. The van der Waals surface area contributed by atoms with Crippen molar-refractivity contribution in [2.45, 2.75) is 142 Å². The summed E-state index contributed by atoms with van der Waals surface area (Å²) in [5.74, 6) is -235. The number of nitrogens with zero attached hydrogens (tertiary/aromatic N) is 10. The summed E-state index contributed by atoms with van der Waals surface area (Å²) in [4.78, 5) is 8.04. The fourth-order valence-corrected chi connectivity index (χ4v) is 6.34. The van der Waals surface area contributed by atoms with E-state index in [-0.39, 0.29) is 0 Å². The van der Waals surface area contributed by atoms with Crippen molar-refractivity contribution in [3.05, 3.63) is 47.6 Å². The normalized spacial score (nSPS) is 15.7. The summed E-state index contributed by atoms with van der Waals surface area (Å²) in [5, 5.41) is 31.9. The molecule has 3 aromatic rings. The second-order valence-corrected chi connectivity index (χ2v) is 18.4. The first-order valence-electron chi connectivity index (χ1n) is 22.0. The fraction of sp³-hybridized carbons (Fsp3) is 0.600. The first-order chi connectivity index (χ1) is 42.6. The first-order valence-corrected chi connectivity index (χ1v) is 22.0. The monoisotopic (exact) mass is 1540 g/mol. The molecular weight excluding hydrogens is 1530 g/mol. The van der Waals surface area contributed by atoms with Crippen LogP contribution in [0.25, 0.3) is 22.8 Å². The van der Waals surface area contributed by atoms with Crippen LogP contribution in [-0.2, 0) is 23.7 Å². The van der Waals surface area contributed by atoms with Gasteiger partial charge in [0.1, 0.15) is 24.3 Å². The number of benzene rings is 1. The van der Waals surface area contributed by atoms with Gasteiger partial charge in [-0.15, -0.1) is 0 Å². The Labute approximate surface area is 499 Å². The number of rotatable bonds is 26. The Kier molecular flexibility index (Phi) is 19.5. The van der Waals surface area contributed by atoms with Gasteiger partial charge in [-0.25, -0.2) is 29.9 Å². The summed E-state index contributed by atoms with van der Waals surface area (Å²) in [5.41, 5.74) is -5.22. The Morgan fingerprint density at radius 3 is 0.429 bits per heavy atom. The van der Waals surface area contributed by atoms with Crippen LogP contribution in [0.4, 0.5) is 211 Å². The number of hydrogen-bond acceptors (Lipinski definition) is 10. The molecule has 2 aromatic heterocycles. The Hall–Kier alpha value is -8.16. The number of halogens is 48. The van der Waals surface area contributed by atoms with Crippen LogP contribution in [0, 0.1) is 45.3 Å². The van der Waals surface area contributed by atoms with Gasteiger partial charge >= 0.3 is 142 Å². The molecule has 0 N–H and O–H groups in total. The van der Waals surface area contributed by atoms with E-state index >= 15 is 70.2 Å². The Morgan fingerprint density at radius 1 is 0.184 bits per heavy atom. The van der Waals surface area contributed by atoms with Crippen molar-refractivity contribution in [3.8, 4) is 47.1 Å². The topological polar surface area (TPSA) is 172 Å². The van der Waals surface area contributed by atoms with Crippen LogP contribution in [0.2, 0.25) is 0 Å². The number of aromatic nitrogens is 6. The van der Waals surface area contributed by atoms with Crippen LogP contribution in [0.15, 0.2) is 24.3 Å². The standard InChI is InChI=1S/C40H4F48N10/c41-17(42,5-89)25(57,58)33(73,74)37(81,82)29(65,66)21(49,50)13-93-11(94-14(97-13)22(51,52)30(67,68)38(83,84)34(75,76)26(59,60)18(43,44)6-90)9-1-2-10(4-3-9)12-95-15(23(53,54)31(69,70)39(85,86)35(77,78)27(61,62)19(45,46)7-91)98-16(96-12)24(55,56)32(71,72)40(87,88)36(79,80)28(63,64)20(47,48)8-92/h1-4H. The average Bonchev–Trinajstić information content (AvgIpc) is 0.715. The highest BCUT2D eigenvalue weighted by atomic mass is 19.4. The third-order valence-electron chi connectivity index (χ3n) is 12.2. The molecule has 0 spiro atoms. The lowest BCUT2D eigenvalue weighted by Crippen LogP contribution is -2.70. The Morgan fingerprint density at radius 2 is 0.306 bits per heavy atom. The van der Waals surface area contributed by atoms with Gasteiger partial charge in [-0.05, 0) is 0 Å². The van der Waals surface area contributed by atoms with Gasteiger partial charge in [-0.1, -0.05) is 24.3 Å². The van der Waals surface area contributed by atoms with Crippen molar-refractivity contribution in [2.24, 2.45) is 0 Å². The van der Waals surface area contributed by atoms with Crippen molar-refractivity contribution in [1.29, 1.82) is 21.0 Å². The third-order valence-corrected chi connectivity index (χ3v) is 12.2. The quantitative estimate of drug-likeness (QED) is 0.0704. The van der Waals surface area contributed by atoms with Crippen molar-refractivity contribution in [2.75, 3.05) is 0 Å². The van der Waals surface area contributed by atoms with E-state index in [1.807, 2.05) is 0 Å². The average molecular weight is 1540 g/mol. The number of hydrogen-bond donors (Lipinski definition) is 0. The summed E-state index contributed by atoms with van der Waals surface area (Å²) in [7, 11) is 0. The summed E-state index contributed by atoms with van der Waals surface area (Å²) in [6.45, 7) is 0. The van der Waals surface area contributed by atoms with Crippen LogP contribution < -0.4 is 0 Å². The van der Waals surface area contributed by atoms with Gasteiger partial charge in [0, 0.05) is 11.1 Å². The van der Waals surface area contributed by atoms with Gasteiger partial charge in [0.25, 0.3) is 0 Å². The molecule has 10 nitrogen and oxygen atoms in total. The molecule has 0 fully saturated rings. The molecular formula is C40H4F48N10. The molecule has 98 heavy (non-hydrogen) atoms. The molecule has 1 aromatic carbocycles. The molecule has 0 amide bonds. The van der Waals surface area contributed by atoms with Crippen LogP contribution in [0.1, 0.15) is 23.3 Å². The molecule has 2 heterocycles. The largest absolute Gasteiger partial charge is 0.400 e. The van der Waals surface area contributed by atoms with Crippen LogP contribution in [-0.4, -0.2) is 148 Å². The fourth-order valence-electron chi connectivity index (χ4n) is 6.34. The number of nitriles is 4. The molecule has 0 saturated carbocycles. The van der Waals surface area contributed by atoms with Gasteiger partial charge < -0.3 is 0 Å². The van der Waals surface area contributed by atoms with E-state index < -0.39 is 237 Å².